The van der Waals surface area contributed by atoms with E-state index in [1.807, 2.05) is 18.2 Å². The van der Waals surface area contributed by atoms with Crippen molar-refractivity contribution in [2.24, 2.45) is 0 Å². The lowest BCUT2D eigenvalue weighted by atomic mass is 9.99. The zero-order chi connectivity index (χ0) is 11.7. The first-order chi connectivity index (χ1) is 8.33. The number of benzene rings is 2. The predicted octanol–water partition coefficient (Wildman–Crippen LogP) is 3.38. The summed E-state index contributed by atoms with van der Waals surface area (Å²) in [5.74, 6) is 1.31. The molecule has 0 aromatic heterocycles. The van der Waals surface area contributed by atoms with E-state index in [9.17, 15) is 5.11 Å². The van der Waals surface area contributed by atoms with Gasteiger partial charge in [0.2, 0.25) is 0 Å². The molecule has 0 aliphatic carbocycles. The van der Waals surface area contributed by atoms with Crippen molar-refractivity contribution >= 4 is 0 Å². The molecule has 2 heteroatoms. The lowest BCUT2D eigenvalue weighted by Crippen LogP contribution is -2.07. The summed E-state index contributed by atoms with van der Waals surface area (Å²) in [6.07, 6.45) is 2.17. The number of ether oxygens (including phenoxy) is 1. The minimum absolute atomic E-state index is 0.301. The highest BCUT2D eigenvalue weighted by Crippen LogP contribution is 2.30. The van der Waals surface area contributed by atoms with Crippen LogP contribution in [0.5, 0.6) is 11.5 Å². The van der Waals surface area contributed by atoms with E-state index >= 15 is 0 Å². The first kappa shape index (κ1) is 10.2. The minimum Gasteiger partial charge on any atom is -0.508 e. The maximum absolute atomic E-state index is 9.28. The van der Waals surface area contributed by atoms with Crippen molar-refractivity contribution in [3.05, 3.63) is 48.0 Å². The van der Waals surface area contributed by atoms with Crippen LogP contribution in [0.25, 0.3) is 11.1 Å². The molecule has 2 nitrogen and oxygen atoms in total. The van der Waals surface area contributed by atoms with Gasteiger partial charge in [0.15, 0.2) is 0 Å². The van der Waals surface area contributed by atoms with Gasteiger partial charge in [-0.15, -0.1) is 0 Å². The first-order valence-corrected chi connectivity index (χ1v) is 5.88. The Labute approximate surface area is 100 Å². The van der Waals surface area contributed by atoms with Gasteiger partial charge in [0.25, 0.3) is 0 Å². The third-order valence-corrected chi connectivity index (χ3v) is 3.11. The van der Waals surface area contributed by atoms with Crippen LogP contribution in [0.4, 0.5) is 0 Å². The molecule has 0 spiro atoms. The summed E-state index contributed by atoms with van der Waals surface area (Å²) >= 11 is 0. The number of rotatable bonds is 1. The van der Waals surface area contributed by atoms with Gasteiger partial charge in [-0.1, -0.05) is 18.2 Å². The van der Waals surface area contributed by atoms with Crippen LogP contribution in [-0.2, 0) is 6.42 Å². The summed E-state index contributed by atoms with van der Waals surface area (Å²) in [4.78, 5) is 0. The van der Waals surface area contributed by atoms with Crippen molar-refractivity contribution in [3.63, 3.8) is 0 Å². The largest absolute Gasteiger partial charge is 0.508 e. The van der Waals surface area contributed by atoms with E-state index in [1.165, 1.54) is 11.1 Å². The summed E-state index contributed by atoms with van der Waals surface area (Å²) in [5.41, 5.74) is 3.58. The number of aryl methyl sites for hydroxylation is 1. The predicted molar refractivity (Wildman–Crippen MR) is 67.4 cm³/mol. The number of phenols is 1. The van der Waals surface area contributed by atoms with Gasteiger partial charge in [-0.2, -0.15) is 0 Å². The topological polar surface area (TPSA) is 29.5 Å². The zero-order valence-electron chi connectivity index (χ0n) is 9.52. The van der Waals surface area contributed by atoms with Crippen LogP contribution in [0.15, 0.2) is 42.5 Å². The summed E-state index contributed by atoms with van der Waals surface area (Å²) < 4.78 is 5.59. The van der Waals surface area contributed by atoms with Crippen LogP contribution in [0.2, 0.25) is 0 Å². The van der Waals surface area contributed by atoms with E-state index < -0.39 is 0 Å². The van der Waals surface area contributed by atoms with Crippen LogP contribution >= 0.6 is 0 Å². The fourth-order valence-electron chi connectivity index (χ4n) is 2.19. The molecular formula is C15H14O2. The Kier molecular flexibility index (Phi) is 2.48. The van der Waals surface area contributed by atoms with Crippen LogP contribution < -0.4 is 4.74 Å². The van der Waals surface area contributed by atoms with Gasteiger partial charge in [0.1, 0.15) is 11.5 Å². The van der Waals surface area contributed by atoms with Gasteiger partial charge in [-0.05, 0) is 53.8 Å². The summed E-state index contributed by atoms with van der Waals surface area (Å²) in [6.45, 7) is 0.825. The molecule has 3 rings (SSSR count). The Hall–Kier alpha value is -1.96. The monoisotopic (exact) mass is 226 g/mol. The third-order valence-electron chi connectivity index (χ3n) is 3.11. The van der Waals surface area contributed by atoms with Crippen molar-refractivity contribution < 1.29 is 9.84 Å². The highest BCUT2D eigenvalue weighted by molar-refractivity contribution is 5.66. The van der Waals surface area contributed by atoms with E-state index in [0.29, 0.717) is 5.75 Å². The van der Waals surface area contributed by atoms with E-state index in [-0.39, 0.29) is 0 Å². The van der Waals surface area contributed by atoms with Crippen molar-refractivity contribution in [1.82, 2.24) is 0 Å². The molecule has 0 bridgehead atoms. The van der Waals surface area contributed by atoms with Crippen molar-refractivity contribution in [1.29, 1.82) is 0 Å². The molecule has 1 heterocycles. The molecule has 0 radical (unpaired) electrons. The normalized spacial score (nSPS) is 13.9. The van der Waals surface area contributed by atoms with Gasteiger partial charge < -0.3 is 9.84 Å². The van der Waals surface area contributed by atoms with E-state index in [0.717, 1.165) is 30.8 Å². The van der Waals surface area contributed by atoms with Gasteiger partial charge in [0, 0.05) is 0 Å². The SMILES string of the molecule is Oc1ccc(-c2ccc3c(c2)CCCO3)cc1. The minimum atomic E-state index is 0.301. The van der Waals surface area contributed by atoms with Crippen LogP contribution in [0.1, 0.15) is 12.0 Å². The number of aromatic hydroxyl groups is 1. The Balaban J connectivity index is 2.01. The number of phenolic OH excluding ortho intramolecular Hbond substituents is 1. The average Bonchev–Trinajstić information content (AvgIpc) is 2.39. The summed E-state index contributed by atoms with van der Waals surface area (Å²) in [5, 5.41) is 9.28. The number of fused-ring (bicyclic) bond motifs is 1. The fraction of sp³-hybridized carbons (Fsp3) is 0.200. The molecule has 2 aromatic rings. The number of hydrogen-bond donors (Lipinski definition) is 1. The molecular weight excluding hydrogens is 212 g/mol. The standard InChI is InChI=1S/C15H14O2/c16-14-6-3-11(4-7-14)12-5-8-15-13(10-12)2-1-9-17-15/h3-8,10,16H,1-2,9H2. The van der Waals surface area contributed by atoms with Gasteiger partial charge in [0.05, 0.1) is 6.61 Å². The molecule has 1 N–H and O–H groups in total. The molecule has 86 valence electrons. The second-order valence-corrected chi connectivity index (χ2v) is 4.32. The highest BCUT2D eigenvalue weighted by Gasteiger charge is 2.10. The summed E-state index contributed by atoms with van der Waals surface area (Å²) in [7, 11) is 0. The molecule has 17 heavy (non-hydrogen) atoms. The Morgan fingerprint density at radius 2 is 1.71 bits per heavy atom. The second kappa shape index (κ2) is 4.13. The van der Waals surface area contributed by atoms with Crippen molar-refractivity contribution in [3.8, 4) is 22.6 Å². The molecule has 0 saturated heterocycles. The lowest BCUT2D eigenvalue weighted by molar-refractivity contribution is 0.288. The molecule has 0 saturated carbocycles. The molecule has 0 amide bonds. The van der Waals surface area contributed by atoms with Crippen LogP contribution in [-0.4, -0.2) is 11.7 Å². The van der Waals surface area contributed by atoms with Crippen LogP contribution in [0, 0.1) is 0 Å². The molecule has 1 aliphatic rings. The van der Waals surface area contributed by atoms with Gasteiger partial charge in [-0.3, -0.25) is 0 Å². The zero-order valence-corrected chi connectivity index (χ0v) is 9.52. The maximum Gasteiger partial charge on any atom is 0.122 e. The van der Waals surface area contributed by atoms with E-state index in [4.69, 9.17) is 4.74 Å². The first-order valence-electron chi connectivity index (χ1n) is 5.88. The third kappa shape index (κ3) is 1.98. The smallest absolute Gasteiger partial charge is 0.122 e. The quantitative estimate of drug-likeness (QED) is 0.807. The maximum atomic E-state index is 9.28. The fourth-order valence-corrected chi connectivity index (χ4v) is 2.19. The van der Waals surface area contributed by atoms with Crippen molar-refractivity contribution in [2.45, 2.75) is 12.8 Å². The average molecular weight is 226 g/mol. The second-order valence-electron chi connectivity index (χ2n) is 4.32. The molecule has 0 unspecified atom stereocenters. The van der Waals surface area contributed by atoms with Gasteiger partial charge >= 0.3 is 0 Å². The Morgan fingerprint density at radius 3 is 2.53 bits per heavy atom. The summed E-state index contributed by atoms with van der Waals surface area (Å²) in [6, 6.07) is 13.6. The molecule has 1 aliphatic heterocycles. The van der Waals surface area contributed by atoms with Crippen molar-refractivity contribution in [2.75, 3.05) is 6.61 Å². The highest BCUT2D eigenvalue weighted by atomic mass is 16.5. The van der Waals surface area contributed by atoms with Gasteiger partial charge in [-0.25, -0.2) is 0 Å². The lowest BCUT2D eigenvalue weighted by Gasteiger charge is -2.17. The van der Waals surface area contributed by atoms with Crippen LogP contribution in [0.3, 0.4) is 0 Å². The Bertz CT molecular complexity index is 529. The molecule has 0 fully saturated rings. The van der Waals surface area contributed by atoms with E-state index in [2.05, 4.69) is 12.1 Å². The number of hydrogen-bond acceptors (Lipinski definition) is 2. The molecule has 2 aromatic carbocycles. The molecule has 0 atom stereocenters. The van der Waals surface area contributed by atoms with E-state index in [1.54, 1.807) is 12.1 Å². The Morgan fingerprint density at radius 1 is 0.941 bits per heavy atom.